The van der Waals surface area contributed by atoms with Crippen molar-refractivity contribution in [1.29, 1.82) is 0 Å². The maximum absolute atomic E-state index is 6.88. The van der Waals surface area contributed by atoms with Crippen LogP contribution in [0.15, 0.2) is 42.5 Å². The Labute approximate surface area is 130 Å². The third-order valence-corrected chi connectivity index (χ3v) is 5.50. The summed E-state index contributed by atoms with van der Waals surface area (Å²) in [5, 5.41) is 0.834. The first-order valence-corrected chi connectivity index (χ1v) is 7.82. The summed E-state index contributed by atoms with van der Waals surface area (Å²) in [5.41, 5.74) is 4.96. The number of rotatable bonds is 3. The van der Waals surface area contributed by atoms with Crippen LogP contribution in [0.2, 0.25) is 5.02 Å². The number of halogens is 2. The summed E-state index contributed by atoms with van der Waals surface area (Å²) >= 11 is 13.1. The van der Waals surface area contributed by atoms with Gasteiger partial charge in [0.1, 0.15) is 0 Å². The molecule has 0 amide bonds. The van der Waals surface area contributed by atoms with Crippen molar-refractivity contribution in [3.8, 4) is 0 Å². The van der Waals surface area contributed by atoms with Crippen molar-refractivity contribution in [2.45, 2.75) is 37.5 Å². The van der Waals surface area contributed by atoms with Crippen molar-refractivity contribution in [3.05, 3.63) is 69.7 Å². The van der Waals surface area contributed by atoms with Gasteiger partial charge in [-0.05, 0) is 55.0 Å². The van der Waals surface area contributed by atoms with E-state index < -0.39 is 0 Å². The first-order chi connectivity index (χ1) is 9.54. The van der Waals surface area contributed by atoms with E-state index in [4.69, 9.17) is 23.2 Å². The quantitative estimate of drug-likeness (QED) is 0.613. The van der Waals surface area contributed by atoms with E-state index in [9.17, 15) is 0 Å². The second-order valence-corrected chi connectivity index (χ2v) is 6.69. The van der Waals surface area contributed by atoms with Crippen LogP contribution in [0, 0.1) is 13.8 Å². The lowest BCUT2D eigenvalue weighted by Crippen LogP contribution is -2.15. The summed E-state index contributed by atoms with van der Waals surface area (Å²) in [4.78, 5) is 0. The van der Waals surface area contributed by atoms with Gasteiger partial charge in [0.05, 0.1) is 5.38 Å². The van der Waals surface area contributed by atoms with Crippen LogP contribution in [0.4, 0.5) is 0 Å². The number of hydrogen-bond acceptors (Lipinski definition) is 0. The van der Waals surface area contributed by atoms with Crippen LogP contribution >= 0.6 is 23.2 Å². The van der Waals surface area contributed by atoms with Gasteiger partial charge in [-0.25, -0.2) is 0 Å². The Morgan fingerprint density at radius 2 is 1.65 bits per heavy atom. The Kier molecular flexibility index (Phi) is 3.56. The Balaban J connectivity index is 2.01. The van der Waals surface area contributed by atoms with Crippen LogP contribution in [0.3, 0.4) is 0 Å². The monoisotopic (exact) mass is 304 g/mol. The van der Waals surface area contributed by atoms with Gasteiger partial charge in [0.2, 0.25) is 0 Å². The molecule has 1 aliphatic carbocycles. The molecule has 2 heteroatoms. The summed E-state index contributed by atoms with van der Waals surface area (Å²) in [6.45, 7) is 4.13. The predicted molar refractivity (Wildman–Crippen MR) is 86.9 cm³/mol. The molecule has 0 nitrogen and oxygen atoms in total. The molecule has 0 heterocycles. The highest BCUT2D eigenvalue weighted by atomic mass is 35.5. The van der Waals surface area contributed by atoms with E-state index >= 15 is 0 Å². The van der Waals surface area contributed by atoms with Gasteiger partial charge in [0, 0.05) is 10.4 Å². The number of benzene rings is 2. The molecule has 0 aromatic heterocycles. The van der Waals surface area contributed by atoms with Crippen LogP contribution < -0.4 is 0 Å². The zero-order valence-corrected chi connectivity index (χ0v) is 13.3. The molecule has 1 aliphatic rings. The van der Waals surface area contributed by atoms with Gasteiger partial charge in [-0.15, -0.1) is 11.6 Å². The fourth-order valence-corrected chi connectivity index (χ4v) is 3.76. The van der Waals surface area contributed by atoms with Gasteiger partial charge in [-0.3, -0.25) is 0 Å². The second kappa shape index (κ2) is 5.09. The van der Waals surface area contributed by atoms with Crippen molar-refractivity contribution in [2.24, 2.45) is 0 Å². The smallest absolute Gasteiger partial charge is 0.0684 e. The molecular formula is C18H18Cl2. The Morgan fingerprint density at radius 1 is 1.00 bits per heavy atom. The Hall–Kier alpha value is -0.980. The fraction of sp³-hybridized carbons (Fsp3) is 0.333. The zero-order chi connectivity index (χ0) is 14.3. The van der Waals surface area contributed by atoms with Crippen LogP contribution in [0.1, 0.15) is 40.5 Å². The van der Waals surface area contributed by atoms with Crippen molar-refractivity contribution in [1.82, 2.24) is 0 Å². The second-order valence-electron chi connectivity index (χ2n) is 5.84. The molecule has 2 aromatic carbocycles. The van der Waals surface area contributed by atoms with Crippen molar-refractivity contribution in [2.75, 3.05) is 0 Å². The largest absolute Gasteiger partial charge is 0.117 e. The molecule has 1 atom stereocenters. The van der Waals surface area contributed by atoms with Gasteiger partial charge in [0.15, 0.2) is 0 Å². The van der Waals surface area contributed by atoms with Gasteiger partial charge in [-0.2, -0.15) is 0 Å². The average Bonchev–Trinajstić information content (AvgIpc) is 3.25. The maximum atomic E-state index is 6.88. The van der Waals surface area contributed by atoms with Gasteiger partial charge in [-0.1, -0.05) is 48.0 Å². The molecule has 104 valence electrons. The van der Waals surface area contributed by atoms with Gasteiger partial charge < -0.3 is 0 Å². The lowest BCUT2D eigenvalue weighted by Gasteiger charge is -2.24. The van der Waals surface area contributed by atoms with E-state index in [-0.39, 0.29) is 10.8 Å². The van der Waals surface area contributed by atoms with E-state index in [2.05, 4.69) is 43.3 Å². The topological polar surface area (TPSA) is 0 Å². The van der Waals surface area contributed by atoms with E-state index in [1.807, 2.05) is 13.0 Å². The molecular weight excluding hydrogens is 287 g/mol. The lowest BCUT2D eigenvalue weighted by atomic mass is 9.86. The summed E-state index contributed by atoms with van der Waals surface area (Å²) in [6.07, 6.45) is 2.32. The molecule has 3 rings (SSSR count). The van der Waals surface area contributed by atoms with Crippen LogP contribution in [-0.2, 0) is 5.41 Å². The van der Waals surface area contributed by atoms with Gasteiger partial charge in [0.25, 0.3) is 0 Å². The highest BCUT2D eigenvalue weighted by Crippen LogP contribution is 2.59. The highest BCUT2D eigenvalue weighted by molar-refractivity contribution is 6.31. The molecule has 20 heavy (non-hydrogen) atoms. The van der Waals surface area contributed by atoms with Crippen LogP contribution in [0.25, 0.3) is 0 Å². The minimum absolute atomic E-state index is 0.0147. The van der Waals surface area contributed by atoms with Crippen LogP contribution in [-0.4, -0.2) is 0 Å². The average molecular weight is 305 g/mol. The number of aryl methyl sites for hydroxylation is 2. The van der Waals surface area contributed by atoms with Crippen molar-refractivity contribution < 1.29 is 0 Å². The first kappa shape index (κ1) is 14.0. The molecule has 1 saturated carbocycles. The van der Waals surface area contributed by atoms with E-state index in [0.29, 0.717) is 0 Å². The van der Waals surface area contributed by atoms with Gasteiger partial charge >= 0.3 is 0 Å². The molecule has 0 N–H and O–H groups in total. The highest BCUT2D eigenvalue weighted by Gasteiger charge is 2.50. The third-order valence-electron chi connectivity index (χ3n) is 4.44. The van der Waals surface area contributed by atoms with Crippen molar-refractivity contribution in [3.63, 3.8) is 0 Å². The normalized spacial score (nSPS) is 17.8. The lowest BCUT2D eigenvalue weighted by molar-refractivity contribution is 0.659. The summed E-state index contributed by atoms with van der Waals surface area (Å²) in [6, 6.07) is 14.8. The molecule has 0 spiro atoms. The van der Waals surface area contributed by atoms with Crippen LogP contribution in [0.5, 0.6) is 0 Å². The first-order valence-electron chi connectivity index (χ1n) is 7.01. The summed E-state index contributed by atoms with van der Waals surface area (Å²) < 4.78 is 0. The maximum Gasteiger partial charge on any atom is 0.0684 e. The fourth-order valence-electron chi connectivity index (χ4n) is 2.97. The molecule has 0 bridgehead atoms. The molecule has 0 radical (unpaired) electrons. The molecule has 1 fully saturated rings. The van der Waals surface area contributed by atoms with E-state index in [0.717, 1.165) is 23.4 Å². The Bertz CT molecular complexity index is 627. The third kappa shape index (κ3) is 2.25. The minimum Gasteiger partial charge on any atom is -0.117 e. The minimum atomic E-state index is 0.0147. The van der Waals surface area contributed by atoms with Crippen molar-refractivity contribution >= 4 is 23.2 Å². The van der Waals surface area contributed by atoms with E-state index in [1.165, 1.54) is 16.7 Å². The molecule has 1 unspecified atom stereocenters. The molecule has 0 aliphatic heterocycles. The number of hydrogen-bond donors (Lipinski definition) is 0. The Morgan fingerprint density at radius 3 is 2.25 bits per heavy atom. The van der Waals surface area contributed by atoms with E-state index in [1.54, 1.807) is 0 Å². The zero-order valence-electron chi connectivity index (χ0n) is 11.8. The predicted octanol–water partition coefficient (Wildman–Crippen LogP) is 5.97. The molecule has 0 saturated heterocycles. The summed E-state index contributed by atoms with van der Waals surface area (Å²) in [7, 11) is 0. The molecule has 2 aromatic rings. The summed E-state index contributed by atoms with van der Waals surface area (Å²) in [5.74, 6) is 0. The SMILES string of the molecule is Cc1cc(C(Cl)C2(c3ccccc3)CC2)c(C)cc1Cl. The number of alkyl halides is 1. The standard InChI is InChI=1S/C18H18Cl2/c1-12-11-16(19)13(2)10-15(12)17(20)18(8-9-18)14-6-4-3-5-7-14/h3-7,10-11,17H,8-9H2,1-2H3.